The number of nitrogens with zero attached hydrogens (tertiary/aromatic N) is 5. The largest absolute Gasteiger partial charge is 0.492 e. The first-order valence-corrected chi connectivity index (χ1v) is 11.1. The first-order chi connectivity index (χ1) is 13.6. The molecule has 1 fully saturated rings. The molecule has 0 aliphatic carbocycles. The fourth-order valence-corrected chi connectivity index (χ4v) is 5.26. The molecule has 1 aromatic carbocycles. The van der Waals surface area contributed by atoms with E-state index in [0.29, 0.717) is 6.54 Å². The molecular weight excluding hydrogens is 442 g/mol. The highest BCUT2D eigenvalue weighted by molar-refractivity contribution is 9.10. The second-order valence-corrected chi connectivity index (χ2v) is 8.85. The summed E-state index contributed by atoms with van der Waals surface area (Å²) >= 11 is 5.08. The quantitative estimate of drug-likeness (QED) is 0.582. The van der Waals surface area contributed by atoms with Gasteiger partial charge in [-0.25, -0.2) is 4.98 Å². The minimum Gasteiger partial charge on any atom is -0.492 e. The first kappa shape index (κ1) is 19.8. The third-order valence-corrected chi connectivity index (χ3v) is 6.73. The van der Waals surface area contributed by atoms with Crippen LogP contribution in [0.25, 0.3) is 4.96 Å². The van der Waals surface area contributed by atoms with Crippen LogP contribution in [0.5, 0.6) is 5.88 Å². The van der Waals surface area contributed by atoms with Crippen molar-refractivity contribution < 1.29 is 10.2 Å². The molecule has 0 radical (unpaired) electrons. The van der Waals surface area contributed by atoms with Crippen LogP contribution in [0.4, 0.5) is 0 Å². The number of aliphatic hydroxyl groups is 1. The normalized spacial score (nSPS) is 17.4. The Hall–Kier alpha value is -1.52. The molecule has 2 aromatic heterocycles. The molecule has 28 heavy (non-hydrogen) atoms. The summed E-state index contributed by atoms with van der Waals surface area (Å²) in [4.78, 5) is 10.8. The Balaban J connectivity index is 1.71. The monoisotopic (exact) mass is 465 g/mol. The van der Waals surface area contributed by atoms with Gasteiger partial charge >= 0.3 is 0 Å². The summed E-state index contributed by atoms with van der Waals surface area (Å²) in [5, 5.41) is 24.6. The maximum absolute atomic E-state index is 11.0. The molecule has 1 saturated heterocycles. The smallest absolute Gasteiger partial charge is 0.230 e. The Labute approximate surface area is 176 Å². The van der Waals surface area contributed by atoms with Crippen LogP contribution in [-0.4, -0.2) is 73.9 Å². The van der Waals surface area contributed by atoms with E-state index in [4.69, 9.17) is 0 Å². The Morgan fingerprint density at radius 1 is 1.25 bits per heavy atom. The van der Waals surface area contributed by atoms with Gasteiger partial charge in [0.15, 0.2) is 5.82 Å². The lowest BCUT2D eigenvalue weighted by Crippen LogP contribution is -2.48. The number of piperazine rings is 1. The Kier molecular flexibility index (Phi) is 5.98. The van der Waals surface area contributed by atoms with Crippen LogP contribution in [0.3, 0.4) is 0 Å². The minimum absolute atomic E-state index is 0.0626. The van der Waals surface area contributed by atoms with Crippen molar-refractivity contribution in [2.45, 2.75) is 19.4 Å². The molecular formula is C19H24BrN5O2S. The number of aromatic nitrogens is 3. The van der Waals surface area contributed by atoms with Gasteiger partial charge in [0.1, 0.15) is 0 Å². The number of benzene rings is 1. The number of halogens is 1. The Morgan fingerprint density at radius 2 is 2.04 bits per heavy atom. The van der Waals surface area contributed by atoms with Crippen LogP contribution in [0, 0.1) is 0 Å². The van der Waals surface area contributed by atoms with Crippen LogP contribution >= 0.6 is 27.3 Å². The molecule has 3 heterocycles. The topological polar surface area (TPSA) is 77.1 Å². The van der Waals surface area contributed by atoms with E-state index in [9.17, 15) is 10.2 Å². The number of thiazole rings is 1. The van der Waals surface area contributed by atoms with E-state index >= 15 is 0 Å². The van der Waals surface area contributed by atoms with Crippen molar-refractivity contribution in [3.63, 3.8) is 0 Å². The number of fused-ring (bicyclic) bond motifs is 1. The molecule has 2 N–H and O–H groups in total. The summed E-state index contributed by atoms with van der Waals surface area (Å²) < 4.78 is 2.58. The van der Waals surface area contributed by atoms with Crippen LogP contribution in [0.1, 0.15) is 29.2 Å². The number of β-amino-alcohol motifs (C(OH)–C–C–N with tert-alkyl or cyclic N) is 1. The van der Waals surface area contributed by atoms with E-state index in [1.54, 1.807) is 4.52 Å². The first-order valence-electron chi connectivity index (χ1n) is 9.50. The average molecular weight is 466 g/mol. The van der Waals surface area contributed by atoms with Crippen molar-refractivity contribution in [1.82, 2.24) is 24.4 Å². The minimum atomic E-state index is -0.0626. The standard InChI is InChI=1S/C19H24BrN5O2S/c1-2-15-21-19-25(22-15)18(27)17(28-19)16(13-4-3-5-14(20)12-13)24-8-6-23(7-9-24)10-11-26/h3-5,12,16,26-27H,2,6-11H2,1H3/t16-/m0/s1. The van der Waals surface area contributed by atoms with Crippen LogP contribution < -0.4 is 0 Å². The average Bonchev–Trinajstić information content (AvgIpc) is 3.23. The van der Waals surface area contributed by atoms with Gasteiger partial charge in [0.25, 0.3) is 0 Å². The van der Waals surface area contributed by atoms with E-state index in [1.165, 1.54) is 11.3 Å². The van der Waals surface area contributed by atoms with Gasteiger partial charge in [0.2, 0.25) is 10.8 Å². The zero-order chi connectivity index (χ0) is 19.7. The van der Waals surface area contributed by atoms with Crippen LogP contribution in [0.2, 0.25) is 0 Å². The fraction of sp³-hybridized carbons (Fsp3) is 0.474. The van der Waals surface area contributed by atoms with Crippen LogP contribution in [-0.2, 0) is 6.42 Å². The SMILES string of the molecule is CCc1nc2sc([C@H](c3cccc(Br)c3)N3CCN(CCO)CC3)c(O)n2n1. The molecule has 150 valence electrons. The highest BCUT2D eigenvalue weighted by Crippen LogP contribution is 2.40. The molecule has 9 heteroatoms. The number of rotatable bonds is 6. The second kappa shape index (κ2) is 8.46. The predicted molar refractivity (Wildman–Crippen MR) is 113 cm³/mol. The molecule has 1 aliphatic heterocycles. The molecule has 0 amide bonds. The molecule has 0 unspecified atom stereocenters. The summed E-state index contributed by atoms with van der Waals surface area (Å²) in [6.45, 7) is 6.42. The van der Waals surface area contributed by atoms with Gasteiger partial charge in [-0.3, -0.25) is 9.80 Å². The summed E-state index contributed by atoms with van der Waals surface area (Å²) in [6, 6.07) is 8.18. The summed E-state index contributed by atoms with van der Waals surface area (Å²) in [5.41, 5.74) is 1.13. The lowest BCUT2D eigenvalue weighted by molar-refractivity contribution is 0.0945. The maximum Gasteiger partial charge on any atom is 0.230 e. The molecule has 1 aliphatic rings. The lowest BCUT2D eigenvalue weighted by Gasteiger charge is -2.39. The number of aliphatic hydroxyl groups excluding tert-OH is 1. The highest BCUT2D eigenvalue weighted by Gasteiger charge is 2.31. The summed E-state index contributed by atoms with van der Waals surface area (Å²) in [7, 11) is 0. The van der Waals surface area contributed by atoms with Crippen molar-refractivity contribution in [2.24, 2.45) is 0 Å². The maximum atomic E-state index is 11.0. The third-order valence-electron chi connectivity index (χ3n) is 5.16. The van der Waals surface area contributed by atoms with Crippen molar-refractivity contribution in [3.05, 3.63) is 45.0 Å². The van der Waals surface area contributed by atoms with E-state index < -0.39 is 0 Å². The van der Waals surface area contributed by atoms with Gasteiger partial charge in [-0.2, -0.15) is 4.52 Å². The predicted octanol–water partition coefficient (Wildman–Crippen LogP) is 2.52. The zero-order valence-corrected chi connectivity index (χ0v) is 18.2. The highest BCUT2D eigenvalue weighted by atomic mass is 79.9. The molecule has 7 nitrogen and oxygen atoms in total. The van der Waals surface area contributed by atoms with E-state index in [1.807, 2.05) is 19.1 Å². The zero-order valence-electron chi connectivity index (χ0n) is 15.8. The Morgan fingerprint density at radius 3 is 2.68 bits per heavy atom. The molecule has 3 aromatic rings. The molecule has 0 spiro atoms. The molecule has 0 bridgehead atoms. The summed E-state index contributed by atoms with van der Waals surface area (Å²) in [6.07, 6.45) is 0.741. The van der Waals surface area contributed by atoms with Gasteiger partial charge in [-0.05, 0) is 17.7 Å². The van der Waals surface area contributed by atoms with Gasteiger partial charge < -0.3 is 10.2 Å². The van der Waals surface area contributed by atoms with Gasteiger partial charge in [-0.1, -0.05) is 46.3 Å². The number of aryl methyl sites for hydroxylation is 1. The molecule has 4 rings (SSSR count). The van der Waals surface area contributed by atoms with E-state index in [0.717, 1.165) is 58.3 Å². The Bertz CT molecular complexity index is 951. The van der Waals surface area contributed by atoms with Crippen molar-refractivity contribution >= 4 is 32.2 Å². The fourth-order valence-electron chi connectivity index (χ4n) is 3.71. The summed E-state index contributed by atoms with van der Waals surface area (Å²) in [5.74, 6) is 0.916. The van der Waals surface area contributed by atoms with E-state index in [2.05, 4.69) is 47.9 Å². The van der Waals surface area contributed by atoms with Gasteiger partial charge in [-0.15, -0.1) is 5.10 Å². The second-order valence-electron chi connectivity index (χ2n) is 6.92. The molecule has 0 saturated carbocycles. The van der Waals surface area contributed by atoms with Crippen molar-refractivity contribution in [1.29, 1.82) is 0 Å². The van der Waals surface area contributed by atoms with Gasteiger partial charge in [0.05, 0.1) is 17.5 Å². The van der Waals surface area contributed by atoms with Crippen molar-refractivity contribution in [2.75, 3.05) is 39.3 Å². The van der Waals surface area contributed by atoms with E-state index in [-0.39, 0.29) is 18.5 Å². The number of hydrogen-bond acceptors (Lipinski definition) is 7. The van der Waals surface area contributed by atoms with Gasteiger partial charge in [0, 0.05) is 43.6 Å². The van der Waals surface area contributed by atoms with Crippen molar-refractivity contribution in [3.8, 4) is 5.88 Å². The molecule has 1 atom stereocenters. The van der Waals surface area contributed by atoms with Crippen LogP contribution in [0.15, 0.2) is 28.7 Å². The third kappa shape index (κ3) is 3.81. The number of aromatic hydroxyl groups is 1. The number of hydrogen-bond donors (Lipinski definition) is 2. The lowest BCUT2D eigenvalue weighted by atomic mass is 10.0.